The van der Waals surface area contributed by atoms with Crippen LogP contribution < -0.4 is 0 Å². The lowest BCUT2D eigenvalue weighted by molar-refractivity contribution is -0.133. The second-order valence-corrected chi connectivity index (χ2v) is 9.47. The Balaban J connectivity index is 1.55. The van der Waals surface area contributed by atoms with E-state index in [1.54, 1.807) is 4.90 Å². The van der Waals surface area contributed by atoms with E-state index in [-0.39, 0.29) is 29.8 Å². The monoisotopic (exact) mass is 444 g/mol. The predicted octanol–water partition coefficient (Wildman–Crippen LogP) is 4.42. The summed E-state index contributed by atoms with van der Waals surface area (Å²) >= 11 is 6.17. The summed E-state index contributed by atoms with van der Waals surface area (Å²) in [5, 5.41) is 4.84. The normalized spacial score (nSPS) is 23.7. The van der Waals surface area contributed by atoms with E-state index < -0.39 is 0 Å². The van der Waals surface area contributed by atoms with Gasteiger partial charge in [0.25, 0.3) is 5.91 Å². The number of hydrogen-bond donors (Lipinski definition) is 0. The van der Waals surface area contributed by atoms with E-state index in [2.05, 4.69) is 13.0 Å². The largest absolute Gasteiger partial charge is 0.341 e. The molecule has 2 atom stereocenters. The van der Waals surface area contributed by atoms with E-state index in [1.807, 2.05) is 27.8 Å². The van der Waals surface area contributed by atoms with Crippen molar-refractivity contribution in [1.29, 1.82) is 0 Å². The number of unbranched alkanes of at least 4 members (excludes halogenated alkanes) is 2. The van der Waals surface area contributed by atoms with Gasteiger partial charge < -0.3 is 9.80 Å². The third-order valence-corrected chi connectivity index (χ3v) is 6.86. The smallest absolute Gasteiger partial charge is 0.272 e. The minimum atomic E-state index is -0.0912. The number of allylic oxidation sites excluding steroid dienone is 4. The SMILES string of the molecule is CCCCCC1CN(CC(=O)N2CCCCC2)C(=O)c2cc(C3=CCC(Cl)C=C3)nn21. The van der Waals surface area contributed by atoms with E-state index in [0.717, 1.165) is 69.3 Å². The summed E-state index contributed by atoms with van der Waals surface area (Å²) in [6.07, 6.45) is 14.5. The molecule has 0 spiro atoms. The van der Waals surface area contributed by atoms with Gasteiger partial charge >= 0.3 is 0 Å². The molecule has 1 saturated heterocycles. The first kappa shape index (κ1) is 22.1. The van der Waals surface area contributed by atoms with Gasteiger partial charge in [-0.05, 0) is 43.7 Å². The first-order chi connectivity index (χ1) is 15.1. The fraction of sp³-hybridized carbons (Fsp3) is 0.625. The Labute approximate surface area is 189 Å². The third-order valence-electron chi connectivity index (χ3n) is 6.54. The molecule has 0 aromatic carbocycles. The van der Waals surface area contributed by atoms with Crippen LogP contribution in [0.25, 0.3) is 5.57 Å². The molecule has 1 aliphatic carbocycles. The van der Waals surface area contributed by atoms with Crippen LogP contribution in [0.4, 0.5) is 0 Å². The molecule has 0 N–H and O–H groups in total. The number of fused-ring (bicyclic) bond motifs is 1. The molecule has 3 heterocycles. The van der Waals surface area contributed by atoms with Crippen LogP contribution in [0.15, 0.2) is 24.3 Å². The number of carbonyl (C=O) groups is 2. The second kappa shape index (κ2) is 10.0. The summed E-state index contributed by atoms with van der Waals surface area (Å²) in [6.45, 7) is 4.53. The summed E-state index contributed by atoms with van der Waals surface area (Å²) in [4.78, 5) is 29.8. The topological polar surface area (TPSA) is 58.4 Å². The van der Waals surface area contributed by atoms with Crippen molar-refractivity contribution in [2.45, 2.75) is 69.7 Å². The highest BCUT2D eigenvalue weighted by molar-refractivity contribution is 6.22. The van der Waals surface area contributed by atoms with Gasteiger partial charge in [0.2, 0.25) is 5.91 Å². The van der Waals surface area contributed by atoms with E-state index in [1.165, 1.54) is 6.42 Å². The van der Waals surface area contributed by atoms with Crippen molar-refractivity contribution >= 4 is 29.0 Å². The highest BCUT2D eigenvalue weighted by atomic mass is 35.5. The number of alkyl halides is 1. The molecule has 0 bridgehead atoms. The average Bonchev–Trinajstić information content (AvgIpc) is 3.24. The van der Waals surface area contributed by atoms with Gasteiger partial charge in [-0.2, -0.15) is 5.10 Å². The van der Waals surface area contributed by atoms with Crippen molar-refractivity contribution in [3.8, 4) is 0 Å². The Hall–Kier alpha value is -2.08. The predicted molar refractivity (Wildman–Crippen MR) is 123 cm³/mol. The Morgan fingerprint density at radius 1 is 1.23 bits per heavy atom. The second-order valence-electron chi connectivity index (χ2n) is 8.91. The van der Waals surface area contributed by atoms with Crippen LogP contribution in [0, 0.1) is 0 Å². The number of carbonyl (C=O) groups excluding carboxylic acids is 2. The van der Waals surface area contributed by atoms with Gasteiger partial charge in [0.05, 0.1) is 17.1 Å². The number of piperidine rings is 1. The minimum Gasteiger partial charge on any atom is -0.341 e. The summed E-state index contributed by atoms with van der Waals surface area (Å²) < 4.78 is 1.91. The van der Waals surface area contributed by atoms with Crippen LogP contribution in [-0.2, 0) is 4.79 Å². The average molecular weight is 445 g/mol. The molecule has 2 aliphatic heterocycles. The van der Waals surface area contributed by atoms with Gasteiger partial charge in [-0.1, -0.05) is 44.4 Å². The lowest BCUT2D eigenvalue weighted by Gasteiger charge is -2.35. The molecule has 1 aromatic rings. The molecule has 7 heteroatoms. The van der Waals surface area contributed by atoms with Crippen molar-refractivity contribution in [3.05, 3.63) is 35.7 Å². The molecule has 4 rings (SSSR count). The first-order valence-corrected chi connectivity index (χ1v) is 12.2. The van der Waals surface area contributed by atoms with E-state index in [0.29, 0.717) is 12.2 Å². The number of halogens is 1. The number of hydrogen-bond acceptors (Lipinski definition) is 3. The zero-order valence-corrected chi connectivity index (χ0v) is 19.2. The summed E-state index contributed by atoms with van der Waals surface area (Å²) in [7, 11) is 0. The standard InChI is InChI=1S/C24H33ClN4O2/c1-2-3-5-8-20-16-28(17-23(30)27-13-6-4-7-14-27)24(31)22-15-21(26-29(20)22)18-9-11-19(25)12-10-18/h9-11,15,19-20H,2-8,12-14,16-17H2,1H3. The number of amides is 2. The molecule has 0 radical (unpaired) electrons. The molecule has 31 heavy (non-hydrogen) atoms. The van der Waals surface area contributed by atoms with Crippen LogP contribution >= 0.6 is 11.6 Å². The summed E-state index contributed by atoms with van der Waals surface area (Å²) in [5.74, 6) is -0.0221. The Morgan fingerprint density at radius 3 is 2.74 bits per heavy atom. The molecule has 2 unspecified atom stereocenters. The quantitative estimate of drug-likeness (QED) is 0.462. The van der Waals surface area contributed by atoms with Gasteiger partial charge in [0, 0.05) is 19.6 Å². The molecule has 1 fully saturated rings. The number of rotatable bonds is 7. The fourth-order valence-electron chi connectivity index (χ4n) is 4.72. The lowest BCUT2D eigenvalue weighted by Crippen LogP contribution is -2.49. The highest BCUT2D eigenvalue weighted by Gasteiger charge is 2.34. The molecule has 3 aliphatic rings. The maximum Gasteiger partial charge on any atom is 0.272 e. The Morgan fingerprint density at radius 2 is 2.03 bits per heavy atom. The third kappa shape index (κ3) is 5.05. The first-order valence-electron chi connectivity index (χ1n) is 11.8. The number of likely N-dealkylation sites (tertiary alicyclic amines) is 1. The summed E-state index contributed by atoms with van der Waals surface area (Å²) in [5.41, 5.74) is 2.42. The van der Waals surface area contributed by atoms with Crippen molar-refractivity contribution in [1.82, 2.24) is 19.6 Å². The maximum absolute atomic E-state index is 13.3. The van der Waals surface area contributed by atoms with E-state index in [4.69, 9.17) is 16.7 Å². The Kier molecular flexibility index (Phi) is 7.16. The Bertz CT molecular complexity index is 869. The zero-order chi connectivity index (χ0) is 21.8. The van der Waals surface area contributed by atoms with Crippen LogP contribution in [0.3, 0.4) is 0 Å². The van der Waals surface area contributed by atoms with Crippen LogP contribution in [0.2, 0.25) is 0 Å². The zero-order valence-electron chi connectivity index (χ0n) is 18.4. The highest BCUT2D eigenvalue weighted by Crippen LogP contribution is 2.30. The maximum atomic E-state index is 13.3. The molecule has 2 amide bonds. The van der Waals surface area contributed by atoms with Crippen molar-refractivity contribution < 1.29 is 9.59 Å². The van der Waals surface area contributed by atoms with Crippen LogP contribution in [0.5, 0.6) is 0 Å². The number of aromatic nitrogens is 2. The van der Waals surface area contributed by atoms with Gasteiger partial charge in [-0.25, -0.2) is 0 Å². The van der Waals surface area contributed by atoms with Gasteiger partial charge in [-0.3, -0.25) is 14.3 Å². The minimum absolute atomic E-state index is 0.0145. The lowest BCUT2D eigenvalue weighted by atomic mass is 10.0. The molecule has 168 valence electrons. The van der Waals surface area contributed by atoms with Crippen molar-refractivity contribution in [3.63, 3.8) is 0 Å². The fourth-order valence-corrected chi connectivity index (χ4v) is 4.88. The molecule has 1 aromatic heterocycles. The van der Waals surface area contributed by atoms with Gasteiger partial charge in [0.1, 0.15) is 12.2 Å². The van der Waals surface area contributed by atoms with E-state index in [9.17, 15) is 9.59 Å². The van der Waals surface area contributed by atoms with Gasteiger partial charge in [0.15, 0.2) is 0 Å². The molecule has 6 nitrogen and oxygen atoms in total. The van der Waals surface area contributed by atoms with Gasteiger partial charge in [-0.15, -0.1) is 11.6 Å². The van der Waals surface area contributed by atoms with Crippen LogP contribution in [0.1, 0.15) is 80.5 Å². The van der Waals surface area contributed by atoms with E-state index >= 15 is 0 Å². The molecular weight excluding hydrogens is 412 g/mol. The number of nitrogens with zero attached hydrogens (tertiary/aromatic N) is 4. The van der Waals surface area contributed by atoms with Crippen LogP contribution in [-0.4, -0.2) is 63.0 Å². The van der Waals surface area contributed by atoms with Crippen molar-refractivity contribution in [2.75, 3.05) is 26.2 Å². The van der Waals surface area contributed by atoms with Crippen molar-refractivity contribution in [2.24, 2.45) is 0 Å². The molecule has 0 saturated carbocycles. The summed E-state index contributed by atoms with van der Waals surface area (Å²) in [6, 6.07) is 1.99. The molecular formula is C24H33ClN4O2.